The van der Waals surface area contributed by atoms with Gasteiger partial charge in [-0.05, 0) is 19.3 Å². The van der Waals surface area contributed by atoms with Crippen LogP contribution < -0.4 is 0 Å². The van der Waals surface area contributed by atoms with Crippen molar-refractivity contribution in [3.05, 3.63) is 0 Å². The van der Waals surface area contributed by atoms with Crippen molar-refractivity contribution in [1.29, 1.82) is 0 Å². The summed E-state index contributed by atoms with van der Waals surface area (Å²) in [7, 11) is 0. The molecule has 84 valence electrons. The van der Waals surface area contributed by atoms with Crippen molar-refractivity contribution in [3.8, 4) is 0 Å². The van der Waals surface area contributed by atoms with Crippen LogP contribution in [0.1, 0.15) is 25.7 Å². The summed E-state index contributed by atoms with van der Waals surface area (Å²) in [5.74, 6) is -0.502. The van der Waals surface area contributed by atoms with Gasteiger partial charge in [-0.1, -0.05) is 5.16 Å². The average Bonchev–Trinajstić information content (AvgIpc) is 2.74. The van der Waals surface area contributed by atoms with Gasteiger partial charge >= 0.3 is 0 Å². The van der Waals surface area contributed by atoms with Gasteiger partial charge in [-0.2, -0.15) is 0 Å². The Kier molecular flexibility index (Phi) is 2.19. The van der Waals surface area contributed by atoms with Crippen molar-refractivity contribution in [3.63, 3.8) is 0 Å². The highest BCUT2D eigenvalue weighted by Crippen LogP contribution is 2.41. The van der Waals surface area contributed by atoms with Gasteiger partial charge in [0.2, 0.25) is 0 Å². The van der Waals surface area contributed by atoms with Crippen LogP contribution in [0.2, 0.25) is 0 Å². The van der Waals surface area contributed by atoms with Crippen LogP contribution >= 0.6 is 0 Å². The van der Waals surface area contributed by atoms with Crippen molar-refractivity contribution in [1.82, 2.24) is 0 Å². The van der Waals surface area contributed by atoms with Crippen LogP contribution in [0, 0.1) is 0 Å². The lowest BCUT2D eigenvalue weighted by atomic mass is 9.86. The van der Waals surface area contributed by atoms with E-state index in [2.05, 4.69) is 5.16 Å². The third kappa shape index (κ3) is 1.38. The smallest absolute Gasteiger partial charge is 0.195 e. The van der Waals surface area contributed by atoms with Crippen LogP contribution in [0.15, 0.2) is 5.16 Å². The molecule has 3 aliphatic rings. The Morgan fingerprint density at radius 2 is 2.07 bits per heavy atom. The van der Waals surface area contributed by atoms with Crippen LogP contribution in [-0.2, 0) is 14.2 Å². The predicted molar refractivity (Wildman–Crippen MR) is 51.0 cm³/mol. The highest BCUT2D eigenvalue weighted by molar-refractivity contribution is 5.89. The number of ether oxygens (including phenoxy) is 3. The molecule has 0 amide bonds. The number of nitrogens with zero attached hydrogens (tertiary/aromatic N) is 1. The summed E-state index contributed by atoms with van der Waals surface area (Å²) in [6.45, 7) is 1.32. The summed E-state index contributed by atoms with van der Waals surface area (Å²) in [5.41, 5.74) is 0.763. The van der Waals surface area contributed by atoms with E-state index in [0.717, 1.165) is 31.4 Å². The third-order valence-corrected chi connectivity index (χ3v) is 3.51. The molecular weight excluding hydrogens is 198 g/mol. The third-order valence-electron chi connectivity index (χ3n) is 3.51. The van der Waals surface area contributed by atoms with Crippen LogP contribution in [0.4, 0.5) is 0 Å². The lowest BCUT2D eigenvalue weighted by molar-refractivity contribution is -0.271. The minimum atomic E-state index is -0.502. The molecule has 15 heavy (non-hydrogen) atoms. The first-order chi connectivity index (χ1) is 7.34. The molecule has 3 fully saturated rings. The maximum absolute atomic E-state index is 8.81. The standard InChI is InChI=1S/C10H15NO4/c12-11-7-1-2-9-10(13-5-6-14-10)4-3-8(7)15-9/h8-9,12H,1-6H2/b11-7+. The van der Waals surface area contributed by atoms with E-state index in [0.29, 0.717) is 13.2 Å². The number of rotatable bonds is 0. The molecule has 5 nitrogen and oxygen atoms in total. The van der Waals surface area contributed by atoms with E-state index >= 15 is 0 Å². The van der Waals surface area contributed by atoms with Crippen LogP contribution in [-0.4, -0.2) is 42.1 Å². The first kappa shape index (κ1) is 9.57. The largest absolute Gasteiger partial charge is 0.411 e. The second-order valence-electron chi connectivity index (χ2n) is 4.29. The fourth-order valence-corrected chi connectivity index (χ4v) is 2.75. The van der Waals surface area contributed by atoms with Crippen LogP contribution in [0.3, 0.4) is 0 Å². The van der Waals surface area contributed by atoms with Crippen LogP contribution in [0.5, 0.6) is 0 Å². The molecule has 2 bridgehead atoms. The number of hydrogen-bond donors (Lipinski definition) is 1. The lowest BCUT2D eigenvalue weighted by Gasteiger charge is -2.45. The molecule has 1 N–H and O–H groups in total. The molecule has 0 aliphatic carbocycles. The lowest BCUT2D eigenvalue weighted by Crippen LogP contribution is -2.55. The molecule has 3 rings (SSSR count). The van der Waals surface area contributed by atoms with Crippen molar-refractivity contribution in [2.24, 2.45) is 5.16 Å². The van der Waals surface area contributed by atoms with Gasteiger partial charge in [-0.15, -0.1) is 0 Å². The van der Waals surface area contributed by atoms with Crippen molar-refractivity contribution in [2.45, 2.75) is 43.7 Å². The number of fused-ring (bicyclic) bond motifs is 3. The molecular formula is C10H15NO4. The van der Waals surface area contributed by atoms with Gasteiger partial charge in [-0.25, -0.2) is 0 Å². The maximum Gasteiger partial charge on any atom is 0.195 e. The van der Waals surface area contributed by atoms with E-state index in [1.807, 2.05) is 0 Å². The zero-order valence-electron chi connectivity index (χ0n) is 8.52. The van der Waals surface area contributed by atoms with E-state index in [9.17, 15) is 0 Å². The summed E-state index contributed by atoms with van der Waals surface area (Å²) in [4.78, 5) is 0. The fraction of sp³-hybridized carbons (Fsp3) is 0.900. The molecule has 1 spiro atoms. The highest BCUT2D eigenvalue weighted by atomic mass is 16.8. The Hall–Kier alpha value is -0.650. The van der Waals surface area contributed by atoms with Gasteiger partial charge in [-0.3, -0.25) is 0 Å². The summed E-state index contributed by atoms with van der Waals surface area (Å²) < 4.78 is 17.2. The van der Waals surface area contributed by atoms with E-state index in [1.165, 1.54) is 0 Å². The molecule has 0 aromatic heterocycles. The Bertz CT molecular complexity index is 285. The van der Waals surface area contributed by atoms with Gasteiger partial charge in [0.1, 0.15) is 6.10 Å². The molecule has 5 heteroatoms. The quantitative estimate of drug-likeness (QED) is 0.479. The molecule has 3 heterocycles. The van der Waals surface area contributed by atoms with Gasteiger partial charge in [0.25, 0.3) is 0 Å². The molecule has 0 aromatic carbocycles. The molecule has 0 saturated carbocycles. The monoisotopic (exact) mass is 213 g/mol. The second-order valence-corrected chi connectivity index (χ2v) is 4.29. The molecule has 3 saturated heterocycles. The molecule has 3 aliphatic heterocycles. The van der Waals surface area contributed by atoms with E-state index in [-0.39, 0.29) is 12.2 Å². The summed E-state index contributed by atoms with van der Waals surface area (Å²) in [6.07, 6.45) is 3.21. The topological polar surface area (TPSA) is 60.3 Å². The highest BCUT2D eigenvalue weighted by Gasteiger charge is 2.52. The molecule has 2 atom stereocenters. The number of hydrogen-bond acceptors (Lipinski definition) is 5. The first-order valence-electron chi connectivity index (χ1n) is 5.48. The zero-order valence-corrected chi connectivity index (χ0v) is 8.52. The second kappa shape index (κ2) is 3.43. The van der Waals surface area contributed by atoms with Gasteiger partial charge < -0.3 is 19.4 Å². The SMILES string of the molecule is O/N=C1\CCC2OC1CCC21OCCO1. The molecule has 0 aromatic rings. The average molecular weight is 213 g/mol. The van der Waals surface area contributed by atoms with Crippen molar-refractivity contribution < 1.29 is 19.4 Å². The van der Waals surface area contributed by atoms with Gasteiger partial charge in [0.15, 0.2) is 5.79 Å². The minimum absolute atomic E-state index is 0.00394. The van der Waals surface area contributed by atoms with E-state index in [4.69, 9.17) is 19.4 Å². The predicted octanol–water partition coefficient (Wildman–Crippen LogP) is 0.901. The molecule has 2 unspecified atom stereocenters. The van der Waals surface area contributed by atoms with Crippen molar-refractivity contribution in [2.75, 3.05) is 13.2 Å². The minimum Gasteiger partial charge on any atom is -0.411 e. The van der Waals surface area contributed by atoms with E-state index in [1.54, 1.807) is 0 Å². The van der Waals surface area contributed by atoms with E-state index < -0.39 is 5.79 Å². The van der Waals surface area contributed by atoms with Gasteiger partial charge in [0.05, 0.1) is 25.0 Å². The number of oxime groups is 1. The summed E-state index contributed by atoms with van der Waals surface area (Å²) in [5, 5.41) is 12.1. The van der Waals surface area contributed by atoms with Gasteiger partial charge in [0, 0.05) is 6.42 Å². The maximum atomic E-state index is 8.81. The Balaban J connectivity index is 1.80. The summed E-state index contributed by atoms with van der Waals surface area (Å²) in [6, 6.07) is 0. The fourth-order valence-electron chi connectivity index (χ4n) is 2.75. The van der Waals surface area contributed by atoms with Crippen molar-refractivity contribution >= 4 is 5.71 Å². The summed E-state index contributed by atoms with van der Waals surface area (Å²) >= 11 is 0. The Morgan fingerprint density at radius 3 is 2.80 bits per heavy atom. The zero-order chi connectivity index (χ0) is 10.3. The normalized spacial score (nSPS) is 41.2. The first-order valence-corrected chi connectivity index (χ1v) is 5.48. The Labute approximate surface area is 88.0 Å². The molecule has 0 radical (unpaired) electrons. The Morgan fingerprint density at radius 1 is 1.27 bits per heavy atom. The van der Waals surface area contributed by atoms with Crippen LogP contribution in [0.25, 0.3) is 0 Å².